The lowest BCUT2D eigenvalue weighted by Crippen LogP contribution is -2.15. The average molecular weight is 148 g/mol. The molecule has 1 fully saturated rings. The molecule has 0 saturated carbocycles. The van der Waals surface area contributed by atoms with Gasteiger partial charge in [-0.1, -0.05) is 0 Å². The second-order valence-corrected chi connectivity index (χ2v) is 2.71. The van der Waals surface area contributed by atoms with Gasteiger partial charge in [0.25, 0.3) is 0 Å². The van der Waals surface area contributed by atoms with Gasteiger partial charge in [0.05, 0.1) is 6.61 Å². The highest BCUT2D eigenvalue weighted by molar-refractivity contribution is 8.13. The minimum Gasteiger partial charge on any atom is -0.451 e. The average Bonchev–Trinajstić information content (AvgIpc) is 2.17. The van der Waals surface area contributed by atoms with Crippen molar-refractivity contribution in [1.82, 2.24) is 0 Å². The topological polar surface area (TPSA) is 35.5 Å². The largest absolute Gasteiger partial charge is 0.451 e. The van der Waals surface area contributed by atoms with Gasteiger partial charge in [-0.15, -0.1) is 0 Å². The summed E-state index contributed by atoms with van der Waals surface area (Å²) in [6.07, 6.45) is -0.0208. The number of hydrogen-bond acceptors (Lipinski definition) is 4. The molecule has 0 aromatic carbocycles. The first-order chi connectivity index (χ1) is 4.33. The Balaban J connectivity index is 2.22. The van der Waals surface area contributed by atoms with Crippen LogP contribution in [0.2, 0.25) is 0 Å². The number of ether oxygens (including phenoxy) is 2. The highest BCUT2D eigenvalue weighted by atomic mass is 32.2. The molecule has 1 atom stereocenters. The minimum absolute atomic E-state index is 0.0208. The van der Waals surface area contributed by atoms with Gasteiger partial charge in [0.2, 0.25) is 0 Å². The first-order valence-corrected chi connectivity index (χ1v) is 3.64. The monoisotopic (exact) mass is 148 g/mol. The van der Waals surface area contributed by atoms with Gasteiger partial charge in [-0.25, -0.2) is 4.79 Å². The summed E-state index contributed by atoms with van der Waals surface area (Å²) >= 11 is 1.20. The first kappa shape index (κ1) is 6.89. The van der Waals surface area contributed by atoms with E-state index in [0.29, 0.717) is 6.61 Å². The van der Waals surface area contributed by atoms with Crippen LogP contribution in [0.5, 0.6) is 0 Å². The smallest absolute Gasteiger partial charge is 0.367 e. The lowest BCUT2D eigenvalue weighted by atomic mass is 10.4. The van der Waals surface area contributed by atoms with E-state index in [2.05, 4.69) is 0 Å². The molecule has 1 aliphatic rings. The Hall–Kier alpha value is -0.220. The van der Waals surface area contributed by atoms with Crippen LogP contribution in [0.25, 0.3) is 0 Å². The zero-order chi connectivity index (χ0) is 6.69. The molecule has 9 heavy (non-hydrogen) atoms. The van der Waals surface area contributed by atoms with Crippen LogP contribution in [0.1, 0.15) is 0 Å². The number of rotatable bonds is 2. The van der Waals surface area contributed by atoms with E-state index in [0.717, 1.165) is 5.75 Å². The molecule has 0 amide bonds. The predicted octanol–water partition coefficient (Wildman–Crippen LogP) is 0.885. The third-order valence-electron chi connectivity index (χ3n) is 1.00. The predicted molar refractivity (Wildman–Crippen MR) is 34.6 cm³/mol. The number of carbonyl (C=O) groups is 1. The SMILES string of the molecule is COCC1CSC(=O)O1. The van der Waals surface area contributed by atoms with Crippen LogP contribution >= 0.6 is 11.8 Å². The standard InChI is InChI=1S/C5H8O3S/c1-7-2-4-3-9-5(6)8-4/h4H,2-3H2,1H3. The van der Waals surface area contributed by atoms with Crippen molar-refractivity contribution in [2.75, 3.05) is 19.5 Å². The molecule has 0 aromatic rings. The summed E-state index contributed by atoms with van der Waals surface area (Å²) in [5.41, 5.74) is 0. The third-order valence-corrected chi connectivity index (χ3v) is 1.87. The Kier molecular flexibility index (Phi) is 2.36. The number of carbonyl (C=O) groups excluding carboxylic acids is 1. The van der Waals surface area contributed by atoms with Crippen molar-refractivity contribution < 1.29 is 14.3 Å². The Morgan fingerprint density at radius 3 is 3.22 bits per heavy atom. The number of cyclic esters (lactones) is 1. The lowest BCUT2D eigenvalue weighted by Gasteiger charge is -2.03. The Bertz CT molecular complexity index is 115. The zero-order valence-electron chi connectivity index (χ0n) is 5.12. The molecule has 0 aliphatic carbocycles. The summed E-state index contributed by atoms with van der Waals surface area (Å²) in [6.45, 7) is 0.513. The van der Waals surface area contributed by atoms with E-state index in [-0.39, 0.29) is 11.4 Å². The molecule has 1 heterocycles. The van der Waals surface area contributed by atoms with E-state index in [9.17, 15) is 4.79 Å². The van der Waals surface area contributed by atoms with Gasteiger partial charge in [0.1, 0.15) is 6.10 Å². The van der Waals surface area contributed by atoms with Crippen LogP contribution in [-0.4, -0.2) is 30.9 Å². The van der Waals surface area contributed by atoms with E-state index in [4.69, 9.17) is 9.47 Å². The quantitative estimate of drug-likeness (QED) is 0.545. The summed E-state index contributed by atoms with van der Waals surface area (Å²) in [5.74, 6) is 0.729. The van der Waals surface area contributed by atoms with E-state index in [1.54, 1.807) is 7.11 Å². The minimum atomic E-state index is -0.183. The second kappa shape index (κ2) is 3.08. The van der Waals surface area contributed by atoms with Crippen LogP contribution in [0.3, 0.4) is 0 Å². The summed E-state index contributed by atoms with van der Waals surface area (Å²) in [7, 11) is 1.59. The van der Waals surface area contributed by atoms with Crippen molar-refractivity contribution in [2.24, 2.45) is 0 Å². The van der Waals surface area contributed by atoms with Crippen molar-refractivity contribution in [3.05, 3.63) is 0 Å². The van der Waals surface area contributed by atoms with E-state index < -0.39 is 0 Å². The molecule has 1 unspecified atom stereocenters. The fourth-order valence-corrected chi connectivity index (χ4v) is 1.32. The maximum Gasteiger partial charge on any atom is 0.367 e. The summed E-state index contributed by atoms with van der Waals surface area (Å²) in [5, 5.41) is -0.183. The first-order valence-electron chi connectivity index (χ1n) is 2.65. The molecule has 1 rings (SSSR count). The van der Waals surface area contributed by atoms with Crippen molar-refractivity contribution in [3.8, 4) is 0 Å². The van der Waals surface area contributed by atoms with Crippen molar-refractivity contribution in [2.45, 2.75) is 6.10 Å². The zero-order valence-corrected chi connectivity index (χ0v) is 5.94. The fraction of sp³-hybridized carbons (Fsp3) is 0.800. The van der Waals surface area contributed by atoms with Crippen LogP contribution in [0, 0.1) is 0 Å². The van der Waals surface area contributed by atoms with Crippen LogP contribution in [0.15, 0.2) is 0 Å². The van der Waals surface area contributed by atoms with Gasteiger partial charge in [0.15, 0.2) is 0 Å². The molecule has 0 aromatic heterocycles. The van der Waals surface area contributed by atoms with Crippen molar-refractivity contribution in [1.29, 1.82) is 0 Å². The van der Waals surface area contributed by atoms with Gasteiger partial charge in [-0.05, 0) is 11.8 Å². The maximum atomic E-state index is 10.4. The molecule has 0 spiro atoms. The van der Waals surface area contributed by atoms with E-state index in [1.165, 1.54) is 11.8 Å². The molecule has 1 aliphatic heterocycles. The van der Waals surface area contributed by atoms with Gasteiger partial charge < -0.3 is 9.47 Å². The lowest BCUT2D eigenvalue weighted by molar-refractivity contribution is 0.0719. The molecular formula is C5H8O3S. The Morgan fingerprint density at radius 1 is 2.00 bits per heavy atom. The molecule has 1 saturated heterocycles. The number of methoxy groups -OCH3 is 1. The van der Waals surface area contributed by atoms with E-state index >= 15 is 0 Å². The third kappa shape index (κ3) is 1.87. The van der Waals surface area contributed by atoms with Crippen LogP contribution in [0.4, 0.5) is 4.79 Å². The van der Waals surface area contributed by atoms with Gasteiger partial charge >= 0.3 is 5.30 Å². The number of thioether (sulfide) groups is 1. The Morgan fingerprint density at radius 2 is 2.78 bits per heavy atom. The second-order valence-electron chi connectivity index (χ2n) is 1.76. The molecular weight excluding hydrogens is 140 g/mol. The summed E-state index contributed by atoms with van der Waals surface area (Å²) in [4.78, 5) is 10.4. The summed E-state index contributed by atoms with van der Waals surface area (Å²) < 4.78 is 9.58. The molecule has 4 heteroatoms. The fourth-order valence-electron chi connectivity index (χ4n) is 0.633. The van der Waals surface area contributed by atoms with Gasteiger partial charge in [-0.3, -0.25) is 0 Å². The van der Waals surface area contributed by atoms with Crippen LogP contribution in [-0.2, 0) is 9.47 Å². The highest BCUT2D eigenvalue weighted by Gasteiger charge is 2.23. The molecule has 0 N–H and O–H groups in total. The van der Waals surface area contributed by atoms with Gasteiger partial charge in [0, 0.05) is 12.9 Å². The molecule has 0 radical (unpaired) electrons. The van der Waals surface area contributed by atoms with Crippen molar-refractivity contribution >= 4 is 17.1 Å². The van der Waals surface area contributed by atoms with E-state index in [1.807, 2.05) is 0 Å². The normalized spacial score (nSPS) is 26.3. The summed E-state index contributed by atoms with van der Waals surface area (Å²) in [6, 6.07) is 0. The maximum absolute atomic E-state index is 10.4. The van der Waals surface area contributed by atoms with Crippen molar-refractivity contribution in [3.63, 3.8) is 0 Å². The van der Waals surface area contributed by atoms with Crippen LogP contribution < -0.4 is 0 Å². The Labute approximate surface area is 57.7 Å². The highest BCUT2D eigenvalue weighted by Crippen LogP contribution is 2.19. The number of hydrogen-bond donors (Lipinski definition) is 0. The molecule has 3 nitrogen and oxygen atoms in total. The molecule has 0 bridgehead atoms. The van der Waals surface area contributed by atoms with Gasteiger partial charge in [-0.2, -0.15) is 0 Å². The molecule has 52 valence electrons.